The van der Waals surface area contributed by atoms with Gasteiger partial charge in [-0.25, -0.2) is 18.1 Å². The first-order valence-electron chi connectivity index (χ1n) is 10.0. The van der Waals surface area contributed by atoms with Crippen LogP contribution in [0.4, 0.5) is 5.69 Å². The van der Waals surface area contributed by atoms with Crippen LogP contribution >= 0.6 is 0 Å². The number of hydrogen-bond donors (Lipinski definition) is 2. The molecule has 3 heterocycles. The van der Waals surface area contributed by atoms with Crippen LogP contribution in [0.2, 0.25) is 0 Å². The van der Waals surface area contributed by atoms with E-state index in [1.807, 2.05) is 6.07 Å². The molecular weight excluding hydrogens is 416 g/mol. The first-order valence-corrected chi connectivity index (χ1v) is 11.5. The molecule has 0 spiro atoms. The molecule has 0 bridgehead atoms. The smallest absolute Gasteiger partial charge is 0.265 e. The molecule has 9 nitrogen and oxygen atoms in total. The summed E-state index contributed by atoms with van der Waals surface area (Å²) in [5, 5.41) is 20.1. The predicted octanol–water partition coefficient (Wildman–Crippen LogP) is 2.72. The summed E-state index contributed by atoms with van der Waals surface area (Å²) in [6.07, 6.45) is 9.36. The maximum Gasteiger partial charge on any atom is 0.265 e. The minimum atomic E-state index is -3.88. The van der Waals surface area contributed by atoms with Crippen LogP contribution in [0.15, 0.2) is 60.0 Å². The average molecular weight is 439 g/mol. The van der Waals surface area contributed by atoms with Crippen molar-refractivity contribution in [3.05, 3.63) is 60.7 Å². The third-order valence-corrected chi connectivity index (χ3v) is 7.14. The molecule has 2 N–H and O–H groups in total. The third-order valence-electron chi connectivity index (χ3n) is 5.82. The van der Waals surface area contributed by atoms with Crippen molar-refractivity contribution in [1.82, 2.24) is 24.5 Å². The fourth-order valence-corrected chi connectivity index (χ4v) is 5.17. The van der Waals surface area contributed by atoms with Gasteiger partial charge in [-0.3, -0.25) is 9.40 Å². The molecule has 0 saturated heterocycles. The zero-order chi connectivity index (χ0) is 21.6. The molecule has 5 rings (SSSR count). The first-order chi connectivity index (χ1) is 14.9. The van der Waals surface area contributed by atoms with Crippen LogP contribution in [-0.4, -0.2) is 38.1 Å². The number of anilines is 1. The van der Waals surface area contributed by atoms with Gasteiger partial charge in [-0.15, -0.1) is 0 Å². The van der Waals surface area contributed by atoms with E-state index in [1.165, 1.54) is 17.1 Å². The van der Waals surface area contributed by atoms with Crippen LogP contribution in [0.25, 0.3) is 16.7 Å². The number of sulfonamides is 1. The van der Waals surface area contributed by atoms with Gasteiger partial charge in [0.05, 0.1) is 35.4 Å². The van der Waals surface area contributed by atoms with E-state index in [9.17, 15) is 13.5 Å². The highest BCUT2D eigenvalue weighted by Crippen LogP contribution is 2.38. The molecule has 3 aromatic heterocycles. The molecule has 0 amide bonds. The molecule has 1 aliphatic carbocycles. The van der Waals surface area contributed by atoms with Gasteiger partial charge in [-0.1, -0.05) is 25.0 Å². The van der Waals surface area contributed by atoms with E-state index in [0.717, 1.165) is 23.8 Å². The van der Waals surface area contributed by atoms with Crippen LogP contribution in [0.1, 0.15) is 31.2 Å². The SMILES string of the molecule is Cn1ncc2cccc(NS(=O)(=O)c3cnn(-c4cc(C5(O)CCCC5)ccn4)c3)c21. The van der Waals surface area contributed by atoms with E-state index in [4.69, 9.17) is 0 Å². The molecule has 10 heteroatoms. The molecule has 1 aromatic carbocycles. The van der Waals surface area contributed by atoms with E-state index < -0.39 is 15.6 Å². The van der Waals surface area contributed by atoms with Gasteiger partial charge in [0.2, 0.25) is 0 Å². The largest absolute Gasteiger partial charge is 0.385 e. The minimum Gasteiger partial charge on any atom is -0.385 e. The summed E-state index contributed by atoms with van der Waals surface area (Å²) in [5.41, 5.74) is 1.05. The Kier molecular flexibility index (Phi) is 4.56. The van der Waals surface area contributed by atoms with Gasteiger partial charge in [0.15, 0.2) is 5.82 Å². The van der Waals surface area contributed by atoms with Crippen LogP contribution in [-0.2, 0) is 22.7 Å². The Balaban J connectivity index is 1.46. The Labute approximate surface area is 179 Å². The molecule has 160 valence electrons. The van der Waals surface area contributed by atoms with Gasteiger partial charge in [-0.2, -0.15) is 10.2 Å². The summed E-state index contributed by atoms with van der Waals surface area (Å²) >= 11 is 0. The fraction of sp³-hybridized carbons (Fsp3) is 0.286. The predicted molar refractivity (Wildman–Crippen MR) is 115 cm³/mol. The van der Waals surface area contributed by atoms with Gasteiger partial charge in [0, 0.05) is 18.6 Å². The van der Waals surface area contributed by atoms with E-state index in [2.05, 4.69) is 19.9 Å². The molecule has 31 heavy (non-hydrogen) atoms. The molecule has 0 atom stereocenters. The Hall–Kier alpha value is -3.24. The average Bonchev–Trinajstić information content (AvgIpc) is 3.49. The second-order valence-corrected chi connectivity index (χ2v) is 9.56. The second kappa shape index (κ2) is 7.17. The number of para-hydroxylation sites is 1. The van der Waals surface area contributed by atoms with Gasteiger partial charge >= 0.3 is 0 Å². The first kappa shape index (κ1) is 19.7. The topological polar surface area (TPSA) is 115 Å². The molecule has 1 saturated carbocycles. The summed E-state index contributed by atoms with van der Waals surface area (Å²) in [7, 11) is -2.12. The van der Waals surface area contributed by atoms with Crippen molar-refractivity contribution in [3.63, 3.8) is 0 Å². The maximum absolute atomic E-state index is 13.0. The number of aryl methyl sites for hydroxylation is 1. The highest BCUT2D eigenvalue weighted by atomic mass is 32.2. The summed E-state index contributed by atoms with van der Waals surface area (Å²) in [6, 6.07) is 8.90. The Morgan fingerprint density at radius 1 is 1.13 bits per heavy atom. The van der Waals surface area contributed by atoms with Crippen LogP contribution in [0.5, 0.6) is 0 Å². The van der Waals surface area contributed by atoms with Crippen molar-refractivity contribution in [2.75, 3.05) is 4.72 Å². The summed E-state index contributed by atoms with van der Waals surface area (Å²) < 4.78 is 31.6. The highest BCUT2D eigenvalue weighted by Gasteiger charge is 2.33. The van der Waals surface area contributed by atoms with Crippen molar-refractivity contribution >= 4 is 26.6 Å². The van der Waals surface area contributed by atoms with E-state index in [-0.39, 0.29) is 4.90 Å². The highest BCUT2D eigenvalue weighted by molar-refractivity contribution is 7.92. The molecule has 1 aliphatic rings. The van der Waals surface area contributed by atoms with Crippen molar-refractivity contribution < 1.29 is 13.5 Å². The molecule has 0 unspecified atom stereocenters. The van der Waals surface area contributed by atoms with Gasteiger partial charge < -0.3 is 5.11 Å². The third kappa shape index (κ3) is 3.47. The molecule has 1 fully saturated rings. The zero-order valence-electron chi connectivity index (χ0n) is 16.9. The number of nitrogens with zero attached hydrogens (tertiary/aromatic N) is 5. The van der Waals surface area contributed by atoms with Crippen molar-refractivity contribution in [3.8, 4) is 5.82 Å². The molecule has 4 aromatic rings. The number of aromatic nitrogens is 5. The number of hydrogen-bond acceptors (Lipinski definition) is 6. The van der Waals surface area contributed by atoms with E-state index in [1.54, 1.807) is 48.4 Å². The number of pyridine rings is 1. The number of rotatable bonds is 5. The summed E-state index contributed by atoms with van der Waals surface area (Å²) in [6.45, 7) is 0. The lowest BCUT2D eigenvalue weighted by Gasteiger charge is -2.22. The zero-order valence-corrected chi connectivity index (χ0v) is 17.7. The van der Waals surface area contributed by atoms with Crippen LogP contribution < -0.4 is 4.72 Å². The maximum atomic E-state index is 13.0. The van der Waals surface area contributed by atoms with Gasteiger partial charge in [0.25, 0.3) is 10.0 Å². The number of benzene rings is 1. The van der Waals surface area contributed by atoms with Crippen LogP contribution in [0, 0.1) is 0 Å². The van der Waals surface area contributed by atoms with Crippen LogP contribution in [0.3, 0.4) is 0 Å². The monoisotopic (exact) mass is 438 g/mol. The molecule has 0 radical (unpaired) electrons. The normalized spacial score (nSPS) is 16.1. The Bertz CT molecular complexity index is 1370. The van der Waals surface area contributed by atoms with Crippen molar-refractivity contribution in [2.24, 2.45) is 7.05 Å². The Morgan fingerprint density at radius 3 is 2.74 bits per heavy atom. The lowest BCUT2D eigenvalue weighted by Crippen LogP contribution is -2.21. The van der Waals surface area contributed by atoms with Crippen molar-refractivity contribution in [1.29, 1.82) is 0 Å². The standard InChI is InChI=1S/C21H22N6O3S/c1-26-20-15(12-23-26)5-4-6-18(20)25-31(29,30)17-13-24-27(14-17)19-11-16(7-10-22-19)21(28)8-2-3-9-21/h4-7,10-14,25,28H,2-3,8-9H2,1H3. The lowest BCUT2D eigenvalue weighted by molar-refractivity contribution is 0.0444. The van der Waals surface area contributed by atoms with Gasteiger partial charge in [0.1, 0.15) is 4.90 Å². The lowest BCUT2D eigenvalue weighted by atomic mass is 9.93. The number of nitrogens with one attached hydrogen (secondary N) is 1. The number of fused-ring (bicyclic) bond motifs is 1. The van der Waals surface area contributed by atoms with E-state index >= 15 is 0 Å². The minimum absolute atomic E-state index is 0.0125. The molecular formula is C21H22N6O3S. The summed E-state index contributed by atoms with van der Waals surface area (Å²) in [4.78, 5) is 4.31. The second-order valence-electron chi connectivity index (χ2n) is 7.88. The van der Waals surface area contributed by atoms with Gasteiger partial charge in [-0.05, 0) is 36.6 Å². The molecule has 0 aliphatic heterocycles. The fourth-order valence-electron chi connectivity index (χ4n) is 4.17. The number of aliphatic hydroxyl groups is 1. The van der Waals surface area contributed by atoms with Crippen molar-refractivity contribution in [2.45, 2.75) is 36.2 Å². The Morgan fingerprint density at radius 2 is 1.94 bits per heavy atom. The quantitative estimate of drug-likeness (QED) is 0.495. The summed E-state index contributed by atoms with van der Waals surface area (Å²) in [5.74, 6) is 0.452. The van der Waals surface area contributed by atoms with E-state index in [0.29, 0.717) is 29.9 Å².